The zero-order valence-electron chi connectivity index (χ0n) is 6.74. The van der Waals surface area contributed by atoms with Crippen LogP contribution >= 0.6 is 11.3 Å². The van der Waals surface area contributed by atoms with Gasteiger partial charge in [0.15, 0.2) is 0 Å². The third kappa shape index (κ3) is 2.28. The molecular weight excluding hydrogens is 176 g/mol. The van der Waals surface area contributed by atoms with E-state index < -0.39 is 0 Å². The molecule has 4 nitrogen and oxygen atoms in total. The van der Waals surface area contributed by atoms with Crippen molar-refractivity contribution in [3.8, 4) is 0 Å². The van der Waals surface area contributed by atoms with E-state index in [0.717, 1.165) is 10.7 Å². The van der Waals surface area contributed by atoms with Crippen molar-refractivity contribution >= 4 is 17.3 Å². The molecule has 0 saturated heterocycles. The van der Waals surface area contributed by atoms with Gasteiger partial charge >= 0.3 is 5.97 Å². The molecule has 0 aliphatic rings. The van der Waals surface area contributed by atoms with Gasteiger partial charge in [0.25, 0.3) is 0 Å². The number of ether oxygens (including phenoxy) is 1. The molecule has 1 aromatic rings. The monoisotopic (exact) mass is 186 g/mol. The van der Waals surface area contributed by atoms with Gasteiger partial charge in [-0.15, -0.1) is 11.3 Å². The second-order valence-electron chi connectivity index (χ2n) is 2.19. The van der Waals surface area contributed by atoms with E-state index in [4.69, 9.17) is 5.73 Å². The number of aromatic nitrogens is 1. The lowest BCUT2D eigenvalue weighted by molar-refractivity contribution is -0.139. The van der Waals surface area contributed by atoms with Gasteiger partial charge in [0.05, 0.1) is 19.2 Å². The van der Waals surface area contributed by atoms with Crippen molar-refractivity contribution in [3.05, 3.63) is 16.1 Å². The molecule has 2 N–H and O–H groups in total. The lowest BCUT2D eigenvalue weighted by Gasteiger charge is -1.93. The van der Waals surface area contributed by atoms with Gasteiger partial charge in [-0.1, -0.05) is 0 Å². The Hall–Kier alpha value is -0.940. The highest BCUT2D eigenvalue weighted by Crippen LogP contribution is 2.09. The van der Waals surface area contributed by atoms with E-state index in [0.29, 0.717) is 6.54 Å². The van der Waals surface area contributed by atoms with Crippen LogP contribution < -0.4 is 5.73 Å². The summed E-state index contributed by atoms with van der Waals surface area (Å²) in [6.07, 6.45) is 0.229. The van der Waals surface area contributed by atoms with Crippen molar-refractivity contribution in [2.75, 3.05) is 7.11 Å². The summed E-state index contributed by atoms with van der Waals surface area (Å²) in [5, 5.41) is 2.66. The SMILES string of the molecule is COC(=O)Cc1csc(CN)n1. The molecule has 1 aromatic heterocycles. The first-order valence-electron chi connectivity index (χ1n) is 3.46. The fourth-order valence-corrected chi connectivity index (χ4v) is 1.42. The normalized spacial score (nSPS) is 9.83. The molecule has 12 heavy (non-hydrogen) atoms. The molecule has 1 heterocycles. The molecular formula is C7H10N2O2S. The van der Waals surface area contributed by atoms with Gasteiger partial charge in [0.1, 0.15) is 5.01 Å². The molecule has 0 fully saturated rings. The number of carbonyl (C=O) groups excluding carboxylic acids is 1. The maximum atomic E-state index is 10.8. The Labute approximate surface area is 74.4 Å². The van der Waals surface area contributed by atoms with Crippen molar-refractivity contribution < 1.29 is 9.53 Å². The zero-order chi connectivity index (χ0) is 8.97. The molecule has 0 amide bonds. The first kappa shape index (κ1) is 9.15. The number of rotatable bonds is 3. The molecule has 0 aliphatic carbocycles. The number of carbonyl (C=O) groups is 1. The van der Waals surface area contributed by atoms with E-state index in [2.05, 4.69) is 9.72 Å². The Morgan fingerprint density at radius 1 is 1.83 bits per heavy atom. The number of nitrogens with two attached hydrogens (primary N) is 1. The summed E-state index contributed by atoms with van der Waals surface area (Å²) in [4.78, 5) is 14.9. The topological polar surface area (TPSA) is 65.2 Å². The second kappa shape index (κ2) is 4.18. The molecule has 0 spiro atoms. The summed E-state index contributed by atoms with van der Waals surface area (Å²) in [5.41, 5.74) is 6.09. The van der Waals surface area contributed by atoms with Gasteiger partial charge in [-0.3, -0.25) is 4.79 Å². The zero-order valence-corrected chi connectivity index (χ0v) is 7.56. The van der Waals surface area contributed by atoms with Gasteiger partial charge in [-0.05, 0) is 0 Å². The summed E-state index contributed by atoms with van der Waals surface area (Å²) in [5.74, 6) is -0.274. The lowest BCUT2D eigenvalue weighted by Crippen LogP contribution is -2.05. The van der Waals surface area contributed by atoms with Crippen LogP contribution in [0, 0.1) is 0 Å². The fourth-order valence-electron chi connectivity index (χ4n) is 0.744. The molecule has 0 aliphatic heterocycles. The summed E-state index contributed by atoms with van der Waals surface area (Å²) in [7, 11) is 1.36. The van der Waals surface area contributed by atoms with Crippen LogP contribution in [0.3, 0.4) is 0 Å². The van der Waals surface area contributed by atoms with E-state index in [9.17, 15) is 4.79 Å². The Kier molecular flexibility index (Phi) is 3.19. The fraction of sp³-hybridized carbons (Fsp3) is 0.429. The van der Waals surface area contributed by atoms with Crippen LogP contribution in [0.25, 0.3) is 0 Å². The third-order valence-corrected chi connectivity index (χ3v) is 2.25. The molecule has 0 radical (unpaired) electrons. The third-order valence-electron chi connectivity index (χ3n) is 1.33. The number of nitrogens with zero attached hydrogens (tertiary/aromatic N) is 1. The maximum absolute atomic E-state index is 10.8. The van der Waals surface area contributed by atoms with Crippen LogP contribution in [0.1, 0.15) is 10.7 Å². The average Bonchev–Trinajstić information content (AvgIpc) is 2.52. The minimum atomic E-state index is -0.274. The predicted octanol–water partition coefficient (Wildman–Crippen LogP) is 0.317. The summed E-state index contributed by atoms with van der Waals surface area (Å²) in [6.45, 7) is 0.422. The Morgan fingerprint density at radius 2 is 2.58 bits per heavy atom. The van der Waals surface area contributed by atoms with E-state index in [-0.39, 0.29) is 12.4 Å². The predicted molar refractivity (Wildman–Crippen MR) is 45.7 cm³/mol. The highest BCUT2D eigenvalue weighted by molar-refractivity contribution is 7.09. The van der Waals surface area contributed by atoms with Crippen LogP contribution in [-0.4, -0.2) is 18.1 Å². The molecule has 0 unspecified atom stereocenters. The summed E-state index contributed by atoms with van der Waals surface area (Å²) >= 11 is 1.46. The number of methoxy groups -OCH3 is 1. The Balaban J connectivity index is 2.58. The van der Waals surface area contributed by atoms with Crippen molar-refractivity contribution in [2.24, 2.45) is 5.73 Å². The molecule has 0 bridgehead atoms. The van der Waals surface area contributed by atoms with E-state index in [1.807, 2.05) is 5.38 Å². The molecule has 5 heteroatoms. The molecule has 0 saturated carbocycles. The summed E-state index contributed by atoms with van der Waals surface area (Å²) < 4.78 is 4.49. The minimum Gasteiger partial charge on any atom is -0.469 e. The smallest absolute Gasteiger partial charge is 0.311 e. The Bertz CT molecular complexity index is 272. The molecule has 1 rings (SSSR count). The van der Waals surface area contributed by atoms with Gasteiger partial charge in [-0.2, -0.15) is 0 Å². The number of thiazole rings is 1. The van der Waals surface area contributed by atoms with Gasteiger partial charge < -0.3 is 10.5 Å². The highest BCUT2D eigenvalue weighted by Gasteiger charge is 2.05. The van der Waals surface area contributed by atoms with Crippen LogP contribution in [0.15, 0.2) is 5.38 Å². The molecule has 0 aromatic carbocycles. The van der Waals surface area contributed by atoms with Crippen molar-refractivity contribution in [1.82, 2.24) is 4.98 Å². The quantitative estimate of drug-likeness (QED) is 0.690. The van der Waals surface area contributed by atoms with Crippen molar-refractivity contribution in [3.63, 3.8) is 0 Å². The average molecular weight is 186 g/mol. The second-order valence-corrected chi connectivity index (χ2v) is 3.13. The van der Waals surface area contributed by atoms with Gasteiger partial charge in [-0.25, -0.2) is 4.98 Å². The number of hydrogen-bond acceptors (Lipinski definition) is 5. The largest absolute Gasteiger partial charge is 0.469 e. The Morgan fingerprint density at radius 3 is 3.08 bits per heavy atom. The minimum absolute atomic E-state index is 0.229. The van der Waals surface area contributed by atoms with Gasteiger partial charge in [0, 0.05) is 11.9 Å². The van der Waals surface area contributed by atoms with Crippen molar-refractivity contribution in [1.29, 1.82) is 0 Å². The first-order chi connectivity index (χ1) is 5.76. The first-order valence-corrected chi connectivity index (χ1v) is 4.34. The molecule has 0 atom stereocenters. The number of esters is 1. The van der Waals surface area contributed by atoms with E-state index in [1.165, 1.54) is 18.4 Å². The van der Waals surface area contributed by atoms with Crippen LogP contribution in [0.5, 0.6) is 0 Å². The van der Waals surface area contributed by atoms with Crippen LogP contribution in [0.2, 0.25) is 0 Å². The van der Waals surface area contributed by atoms with Crippen LogP contribution in [-0.2, 0) is 22.5 Å². The van der Waals surface area contributed by atoms with E-state index in [1.54, 1.807) is 0 Å². The maximum Gasteiger partial charge on any atom is 0.311 e. The van der Waals surface area contributed by atoms with E-state index >= 15 is 0 Å². The standard InChI is InChI=1S/C7H10N2O2S/c1-11-7(10)2-5-4-12-6(3-8)9-5/h4H,2-3,8H2,1H3. The lowest BCUT2D eigenvalue weighted by atomic mass is 10.3. The molecule has 66 valence electrons. The van der Waals surface area contributed by atoms with Crippen LogP contribution in [0.4, 0.5) is 0 Å². The summed E-state index contributed by atoms with van der Waals surface area (Å²) in [6, 6.07) is 0. The highest BCUT2D eigenvalue weighted by atomic mass is 32.1. The van der Waals surface area contributed by atoms with Gasteiger partial charge in [0.2, 0.25) is 0 Å². The number of hydrogen-bond donors (Lipinski definition) is 1. The van der Waals surface area contributed by atoms with Crippen molar-refractivity contribution in [2.45, 2.75) is 13.0 Å².